The lowest BCUT2D eigenvalue weighted by molar-refractivity contribution is -0.123. The number of amides is 3. The highest BCUT2D eigenvalue weighted by atomic mass is 32.1. The highest BCUT2D eigenvalue weighted by Gasteiger charge is 2.23. The Morgan fingerprint density at radius 2 is 2.17 bits per heavy atom. The highest BCUT2D eigenvalue weighted by molar-refractivity contribution is 7.09. The zero-order valence-electron chi connectivity index (χ0n) is 13.4. The van der Waals surface area contributed by atoms with E-state index < -0.39 is 0 Å². The zero-order valence-corrected chi connectivity index (χ0v) is 14.2. The molecular weight excluding hydrogens is 312 g/mol. The van der Waals surface area contributed by atoms with E-state index in [2.05, 4.69) is 21.6 Å². The van der Waals surface area contributed by atoms with E-state index in [1.807, 2.05) is 11.4 Å². The SMILES string of the molecule is NC(=O)[C@H]1CCCN(CCCNC(=O)NCCc2cccs2)C1. The van der Waals surface area contributed by atoms with Crippen molar-refractivity contribution in [1.29, 1.82) is 0 Å². The molecule has 4 N–H and O–H groups in total. The standard InChI is InChI=1S/C16H26N4O2S/c17-15(21)13-4-1-9-20(12-13)10-3-7-18-16(22)19-8-6-14-5-2-11-23-14/h2,5,11,13H,1,3-4,6-10,12H2,(H2,17,21)(H2,18,19,22)/t13-/m0/s1. The smallest absolute Gasteiger partial charge is 0.314 e. The summed E-state index contributed by atoms with van der Waals surface area (Å²) in [5.41, 5.74) is 5.38. The Kier molecular flexibility index (Phi) is 7.35. The van der Waals surface area contributed by atoms with Crippen LogP contribution in [0.1, 0.15) is 24.1 Å². The second-order valence-corrected chi connectivity index (χ2v) is 6.94. The van der Waals surface area contributed by atoms with Gasteiger partial charge in [-0.15, -0.1) is 11.3 Å². The molecule has 0 aromatic carbocycles. The molecule has 7 heteroatoms. The Bertz CT molecular complexity index is 492. The quantitative estimate of drug-likeness (QED) is 0.622. The molecule has 2 heterocycles. The third-order valence-electron chi connectivity index (χ3n) is 4.08. The first-order chi connectivity index (χ1) is 11.1. The Labute approximate surface area is 141 Å². The number of nitrogens with two attached hydrogens (primary N) is 1. The molecule has 6 nitrogen and oxygen atoms in total. The Morgan fingerprint density at radius 3 is 2.91 bits per heavy atom. The molecule has 0 spiro atoms. The van der Waals surface area contributed by atoms with Gasteiger partial charge in [-0.25, -0.2) is 4.79 Å². The number of likely N-dealkylation sites (tertiary alicyclic amines) is 1. The van der Waals surface area contributed by atoms with E-state index in [9.17, 15) is 9.59 Å². The molecule has 1 aliphatic heterocycles. The van der Waals surface area contributed by atoms with Crippen LogP contribution in [-0.4, -0.2) is 49.6 Å². The summed E-state index contributed by atoms with van der Waals surface area (Å²) < 4.78 is 0. The first kappa shape index (κ1) is 17.7. The van der Waals surface area contributed by atoms with Crippen LogP contribution in [-0.2, 0) is 11.2 Å². The summed E-state index contributed by atoms with van der Waals surface area (Å²) in [6.07, 6.45) is 3.66. The maximum Gasteiger partial charge on any atom is 0.314 e. The van der Waals surface area contributed by atoms with Crippen LogP contribution in [0.5, 0.6) is 0 Å². The fourth-order valence-electron chi connectivity index (χ4n) is 2.81. The van der Waals surface area contributed by atoms with Crippen LogP contribution in [0.25, 0.3) is 0 Å². The molecule has 1 atom stereocenters. The molecule has 1 aromatic rings. The van der Waals surface area contributed by atoms with Crippen molar-refractivity contribution in [1.82, 2.24) is 15.5 Å². The second kappa shape index (κ2) is 9.52. The van der Waals surface area contributed by atoms with Gasteiger partial charge in [0.15, 0.2) is 0 Å². The van der Waals surface area contributed by atoms with Gasteiger partial charge in [0.25, 0.3) is 0 Å². The van der Waals surface area contributed by atoms with Gasteiger partial charge in [-0.05, 0) is 50.2 Å². The predicted molar refractivity (Wildman–Crippen MR) is 92.4 cm³/mol. The molecule has 3 amide bonds. The highest BCUT2D eigenvalue weighted by Crippen LogP contribution is 2.15. The van der Waals surface area contributed by atoms with Crippen molar-refractivity contribution in [3.8, 4) is 0 Å². The maximum atomic E-state index is 11.7. The first-order valence-corrected chi connectivity index (χ1v) is 9.09. The number of piperidine rings is 1. The van der Waals surface area contributed by atoms with Gasteiger partial charge >= 0.3 is 6.03 Å². The predicted octanol–water partition coefficient (Wildman–Crippen LogP) is 1.18. The van der Waals surface area contributed by atoms with Crippen molar-refractivity contribution < 1.29 is 9.59 Å². The van der Waals surface area contributed by atoms with Gasteiger partial charge in [0.1, 0.15) is 0 Å². The minimum absolute atomic E-state index is 0.0164. The number of urea groups is 1. The third kappa shape index (κ3) is 6.58. The molecule has 1 aliphatic rings. The fraction of sp³-hybridized carbons (Fsp3) is 0.625. The molecule has 0 unspecified atom stereocenters. The molecule has 0 saturated carbocycles. The summed E-state index contributed by atoms with van der Waals surface area (Å²) in [7, 11) is 0. The minimum atomic E-state index is -0.196. The summed E-state index contributed by atoms with van der Waals surface area (Å²) in [5.74, 6) is -0.213. The molecular formula is C16H26N4O2S. The number of hydrogen-bond donors (Lipinski definition) is 3. The summed E-state index contributed by atoms with van der Waals surface area (Å²) >= 11 is 1.70. The van der Waals surface area contributed by atoms with E-state index in [4.69, 9.17) is 5.73 Å². The topological polar surface area (TPSA) is 87.5 Å². The van der Waals surface area contributed by atoms with Crippen LogP contribution in [0, 0.1) is 5.92 Å². The second-order valence-electron chi connectivity index (χ2n) is 5.91. The molecule has 128 valence electrons. The Morgan fingerprint density at radius 1 is 1.35 bits per heavy atom. The largest absolute Gasteiger partial charge is 0.369 e. The van der Waals surface area contributed by atoms with Crippen LogP contribution in [0.15, 0.2) is 17.5 Å². The molecule has 1 fully saturated rings. The third-order valence-corrected chi connectivity index (χ3v) is 5.02. The average molecular weight is 338 g/mol. The van der Waals surface area contributed by atoms with E-state index in [0.29, 0.717) is 13.1 Å². The average Bonchev–Trinajstić information content (AvgIpc) is 3.05. The summed E-state index contributed by atoms with van der Waals surface area (Å²) in [5, 5.41) is 7.78. The molecule has 0 aliphatic carbocycles. The lowest BCUT2D eigenvalue weighted by Gasteiger charge is -2.31. The summed E-state index contributed by atoms with van der Waals surface area (Å²) in [4.78, 5) is 26.4. The van der Waals surface area contributed by atoms with Gasteiger partial charge in [-0.2, -0.15) is 0 Å². The number of carbonyl (C=O) groups excluding carboxylic acids is 2. The summed E-state index contributed by atoms with van der Waals surface area (Å²) in [6, 6.07) is 3.97. The normalized spacial score (nSPS) is 18.5. The van der Waals surface area contributed by atoms with E-state index in [0.717, 1.165) is 45.3 Å². The van der Waals surface area contributed by atoms with Crippen LogP contribution in [0.2, 0.25) is 0 Å². The van der Waals surface area contributed by atoms with E-state index >= 15 is 0 Å². The van der Waals surface area contributed by atoms with Crippen molar-refractivity contribution in [3.05, 3.63) is 22.4 Å². The van der Waals surface area contributed by atoms with Gasteiger partial charge in [0.2, 0.25) is 5.91 Å². The molecule has 1 aromatic heterocycles. The van der Waals surface area contributed by atoms with Gasteiger partial charge in [-0.1, -0.05) is 6.07 Å². The van der Waals surface area contributed by atoms with Crippen molar-refractivity contribution in [2.24, 2.45) is 11.7 Å². The van der Waals surface area contributed by atoms with Crippen LogP contribution in [0.4, 0.5) is 4.79 Å². The number of carbonyl (C=O) groups is 2. The van der Waals surface area contributed by atoms with Crippen molar-refractivity contribution in [2.75, 3.05) is 32.7 Å². The maximum absolute atomic E-state index is 11.7. The van der Waals surface area contributed by atoms with E-state index in [1.54, 1.807) is 11.3 Å². The molecule has 23 heavy (non-hydrogen) atoms. The molecule has 1 saturated heterocycles. The number of rotatable bonds is 8. The number of nitrogens with one attached hydrogen (secondary N) is 2. The molecule has 0 bridgehead atoms. The van der Waals surface area contributed by atoms with E-state index in [-0.39, 0.29) is 17.9 Å². The van der Waals surface area contributed by atoms with Gasteiger partial charge in [0.05, 0.1) is 5.92 Å². The lowest BCUT2D eigenvalue weighted by Crippen LogP contribution is -2.42. The Hall–Kier alpha value is -1.60. The van der Waals surface area contributed by atoms with Gasteiger partial charge in [0, 0.05) is 24.5 Å². The summed E-state index contributed by atoms with van der Waals surface area (Å²) in [6.45, 7) is 3.94. The van der Waals surface area contributed by atoms with Crippen molar-refractivity contribution >= 4 is 23.3 Å². The number of nitrogens with zero attached hydrogens (tertiary/aromatic N) is 1. The fourth-order valence-corrected chi connectivity index (χ4v) is 3.52. The Balaban J connectivity index is 1.51. The van der Waals surface area contributed by atoms with Crippen molar-refractivity contribution in [2.45, 2.75) is 25.7 Å². The van der Waals surface area contributed by atoms with Gasteiger partial charge in [-0.3, -0.25) is 4.79 Å². The van der Waals surface area contributed by atoms with Crippen LogP contribution in [0.3, 0.4) is 0 Å². The lowest BCUT2D eigenvalue weighted by atomic mass is 9.97. The molecule has 2 rings (SSSR count). The monoisotopic (exact) mass is 338 g/mol. The van der Waals surface area contributed by atoms with E-state index in [1.165, 1.54) is 4.88 Å². The van der Waals surface area contributed by atoms with Crippen LogP contribution >= 0.6 is 11.3 Å². The number of thiophene rings is 1. The van der Waals surface area contributed by atoms with Crippen molar-refractivity contribution in [3.63, 3.8) is 0 Å². The first-order valence-electron chi connectivity index (χ1n) is 8.21. The zero-order chi connectivity index (χ0) is 16.5. The van der Waals surface area contributed by atoms with Gasteiger partial charge < -0.3 is 21.3 Å². The molecule has 0 radical (unpaired) electrons. The van der Waals surface area contributed by atoms with Crippen LogP contribution < -0.4 is 16.4 Å². The number of hydrogen-bond acceptors (Lipinski definition) is 4. The minimum Gasteiger partial charge on any atom is -0.369 e. The number of primary amides is 1.